The van der Waals surface area contributed by atoms with E-state index in [2.05, 4.69) is 49.6 Å². The Labute approximate surface area is 290 Å². The van der Waals surface area contributed by atoms with E-state index in [1.165, 1.54) is 64.2 Å². The molecule has 6 aliphatic rings. The Morgan fingerprint density at radius 3 is 2.25 bits per heavy atom. The van der Waals surface area contributed by atoms with Crippen molar-refractivity contribution in [1.29, 1.82) is 0 Å². The number of rotatable bonds is 4. The number of fused-ring (bicyclic) bond motifs is 7. The minimum absolute atomic E-state index is 0.269. The molecular formula is C42H64N4O2. The van der Waals surface area contributed by atoms with E-state index in [1.807, 2.05) is 43.5 Å². The zero-order valence-corrected chi connectivity index (χ0v) is 30.6. The first-order valence-electron chi connectivity index (χ1n) is 19.2. The molecule has 0 saturated heterocycles. The molecule has 8 rings (SSSR count). The summed E-state index contributed by atoms with van der Waals surface area (Å²) in [6.45, 7) is 15.3. The molecule has 10 unspecified atom stereocenters. The number of benzene rings is 1. The number of aromatic amines is 1. The van der Waals surface area contributed by atoms with Crippen LogP contribution in [0, 0.1) is 45.8 Å². The molecule has 6 nitrogen and oxygen atoms in total. The number of hydrogen-bond acceptors (Lipinski definition) is 4. The molecule has 0 spiro atoms. The highest BCUT2D eigenvalue weighted by Gasteiger charge is 2.65. The quantitative estimate of drug-likeness (QED) is 0.195. The summed E-state index contributed by atoms with van der Waals surface area (Å²) < 4.78 is 0. The third-order valence-corrected chi connectivity index (χ3v) is 15.3. The van der Waals surface area contributed by atoms with Crippen LogP contribution in [0.5, 0.6) is 0 Å². The van der Waals surface area contributed by atoms with E-state index in [-0.39, 0.29) is 11.6 Å². The highest BCUT2D eigenvalue weighted by molar-refractivity contribution is 5.58. The molecular weight excluding hydrogens is 592 g/mol. The second kappa shape index (κ2) is 13.4. The molecule has 1 heterocycles. The highest BCUT2D eigenvalue weighted by atomic mass is 16.3. The van der Waals surface area contributed by atoms with Gasteiger partial charge in [0.05, 0.1) is 23.5 Å². The molecule has 1 amide bonds. The molecule has 0 aliphatic heterocycles. The predicted octanol–water partition coefficient (Wildman–Crippen LogP) is 8.92. The third kappa shape index (κ3) is 5.81. The van der Waals surface area contributed by atoms with Crippen molar-refractivity contribution < 1.29 is 9.90 Å². The Morgan fingerprint density at radius 2 is 1.58 bits per heavy atom. The van der Waals surface area contributed by atoms with Gasteiger partial charge in [0.1, 0.15) is 5.82 Å². The zero-order chi connectivity index (χ0) is 34.4. The van der Waals surface area contributed by atoms with Gasteiger partial charge < -0.3 is 21.1 Å². The van der Waals surface area contributed by atoms with Crippen molar-refractivity contribution in [2.75, 3.05) is 0 Å². The van der Waals surface area contributed by atoms with Gasteiger partial charge in [-0.15, -0.1) is 6.58 Å². The Balaban J connectivity index is 0.000000166. The summed E-state index contributed by atoms with van der Waals surface area (Å²) in [5.74, 6) is 5.11. The first kappa shape index (κ1) is 35.4. The van der Waals surface area contributed by atoms with E-state index in [1.54, 1.807) is 6.08 Å². The number of aromatic nitrogens is 2. The summed E-state index contributed by atoms with van der Waals surface area (Å²) in [4.78, 5) is 18.5. The SMILES string of the molecule is C=CC.CC12CCCC1C1CCC3C(C)(CCC4C(C)(N)C(O)CCC43C)C1CC2.O=CNC1(c2ncc(-c3ccccc3)[nH]2)CCC1. The first-order chi connectivity index (χ1) is 22.9. The fourth-order valence-electron chi connectivity index (χ4n) is 12.7. The minimum Gasteiger partial charge on any atom is -0.391 e. The lowest BCUT2D eigenvalue weighted by Gasteiger charge is -2.69. The Hall–Kier alpha value is -2.44. The number of nitrogens with zero attached hydrogens (tertiary/aromatic N) is 1. The number of aliphatic hydroxyl groups is 1. The van der Waals surface area contributed by atoms with E-state index in [0.29, 0.717) is 22.2 Å². The summed E-state index contributed by atoms with van der Waals surface area (Å²) in [5, 5.41) is 13.5. The fourth-order valence-corrected chi connectivity index (χ4v) is 12.7. The fraction of sp³-hybridized carbons (Fsp3) is 0.714. The average Bonchev–Trinajstić information content (AvgIpc) is 3.70. The van der Waals surface area contributed by atoms with E-state index in [0.717, 1.165) is 72.8 Å². The van der Waals surface area contributed by atoms with Gasteiger partial charge in [-0.2, -0.15) is 0 Å². The first-order valence-corrected chi connectivity index (χ1v) is 19.2. The van der Waals surface area contributed by atoms with E-state index < -0.39 is 5.54 Å². The van der Waals surface area contributed by atoms with Crippen LogP contribution in [0.2, 0.25) is 0 Å². The molecule has 6 aliphatic carbocycles. The standard InChI is InChI=1S/C25H43NO.C14H15N3O.C3H6/c1-22-12-5-6-17(22)16-7-8-19-23(2,18(16)9-13-22)14-10-20-24(19,3)15-11-21(27)25(20,4)26;18-10-16-14(7-4-8-14)13-15-9-12(17-13)11-5-2-1-3-6-11;1-3-2/h16-21,27H,5-15,26H2,1-4H3;1-3,5-6,9-10H,4,7-8H2,(H,15,17)(H,16,18);3H,1H2,2H3. The number of H-pyrrole nitrogens is 1. The van der Waals surface area contributed by atoms with Gasteiger partial charge in [0, 0.05) is 5.54 Å². The molecule has 0 radical (unpaired) electrons. The molecule has 6 fully saturated rings. The van der Waals surface area contributed by atoms with Crippen molar-refractivity contribution >= 4 is 6.41 Å². The molecule has 2 aromatic rings. The number of imidazole rings is 1. The number of nitrogens with one attached hydrogen (secondary N) is 2. The number of aliphatic hydroxyl groups excluding tert-OH is 1. The molecule has 1 aromatic carbocycles. The molecule has 10 atom stereocenters. The van der Waals surface area contributed by atoms with Gasteiger partial charge in [-0.1, -0.05) is 63.6 Å². The molecule has 0 bridgehead atoms. The smallest absolute Gasteiger partial charge is 0.207 e. The van der Waals surface area contributed by atoms with E-state index >= 15 is 0 Å². The number of amides is 1. The maximum absolute atomic E-state index is 10.7. The van der Waals surface area contributed by atoms with Gasteiger partial charge in [-0.05, 0) is 149 Å². The number of carbonyl (C=O) groups is 1. The second-order valence-corrected chi connectivity index (χ2v) is 17.7. The average molecular weight is 657 g/mol. The molecule has 1 aromatic heterocycles. The van der Waals surface area contributed by atoms with Crippen molar-refractivity contribution in [3.8, 4) is 11.3 Å². The van der Waals surface area contributed by atoms with Crippen LogP contribution < -0.4 is 11.1 Å². The predicted molar refractivity (Wildman–Crippen MR) is 196 cm³/mol. The van der Waals surface area contributed by atoms with Crippen LogP contribution in [0.4, 0.5) is 0 Å². The number of nitrogens with two attached hydrogens (primary N) is 1. The summed E-state index contributed by atoms with van der Waals surface area (Å²) in [7, 11) is 0. The van der Waals surface area contributed by atoms with Gasteiger partial charge in [0.2, 0.25) is 6.41 Å². The van der Waals surface area contributed by atoms with Crippen LogP contribution in [0.1, 0.15) is 130 Å². The topological polar surface area (TPSA) is 104 Å². The van der Waals surface area contributed by atoms with Gasteiger partial charge in [0.15, 0.2) is 0 Å². The van der Waals surface area contributed by atoms with Crippen molar-refractivity contribution in [3.63, 3.8) is 0 Å². The summed E-state index contributed by atoms with van der Waals surface area (Å²) >= 11 is 0. The highest BCUT2D eigenvalue weighted by Crippen LogP contribution is 2.71. The van der Waals surface area contributed by atoms with Gasteiger partial charge in [-0.3, -0.25) is 4.79 Å². The number of carbonyl (C=O) groups excluding carboxylic acids is 1. The molecule has 264 valence electrons. The Bertz CT molecular complexity index is 1420. The monoisotopic (exact) mass is 657 g/mol. The lowest BCUT2D eigenvalue weighted by atomic mass is 9.37. The number of hydrogen-bond donors (Lipinski definition) is 4. The zero-order valence-electron chi connectivity index (χ0n) is 30.6. The molecule has 6 saturated carbocycles. The van der Waals surface area contributed by atoms with Crippen molar-refractivity contribution in [3.05, 3.63) is 55.0 Å². The minimum atomic E-state index is -0.401. The maximum atomic E-state index is 10.7. The second-order valence-electron chi connectivity index (χ2n) is 17.7. The van der Waals surface area contributed by atoms with Gasteiger partial charge >= 0.3 is 0 Å². The van der Waals surface area contributed by atoms with Crippen molar-refractivity contribution in [1.82, 2.24) is 15.3 Å². The maximum Gasteiger partial charge on any atom is 0.207 e. The van der Waals surface area contributed by atoms with E-state index in [4.69, 9.17) is 5.73 Å². The Kier molecular flexibility index (Phi) is 9.85. The van der Waals surface area contributed by atoms with Gasteiger partial charge in [0.25, 0.3) is 0 Å². The lowest BCUT2D eigenvalue weighted by molar-refractivity contribution is -0.198. The summed E-state index contributed by atoms with van der Waals surface area (Å²) in [6.07, 6.45) is 22.1. The molecule has 5 N–H and O–H groups in total. The molecule has 48 heavy (non-hydrogen) atoms. The largest absolute Gasteiger partial charge is 0.391 e. The van der Waals surface area contributed by atoms with Crippen molar-refractivity contribution in [2.45, 2.75) is 142 Å². The summed E-state index contributed by atoms with van der Waals surface area (Å²) in [5.41, 5.74) is 9.73. The van der Waals surface area contributed by atoms with Gasteiger partial charge in [-0.25, -0.2) is 4.98 Å². The normalized spacial score (nSPS) is 42.0. The van der Waals surface area contributed by atoms with Crippen LogP contribution in [0.25, 0.3) is 11.3 Å². The van der Waals surface area contributed by atoms with Crippen LogP contribution in [0.15, 0.2) is 49.2 Å². The van der Waals surface area contributed by atoms with Crippen LogP contribution in [-0.2, 0) is 10.3 Å². The number of allylic oxidation sites excluding steroid dienone is 1. The lowest BCUT2D eigenvalue weighted by Crippen LogP contribution is -2.68. The summed E-state index contributed by atoms with van der Waals surface area (Å²) in [6, 6.07) is 10.1. The van der Waals surface area contributed by atoms with Crippen LogP contribution in [0.3, 0.4) is 0 Å². The van der Waals surface area contributed by atoms with Crippen LogP contribution in [-0.4, -0.2) is 33.1 Å². The van der Waals surface area contributed by atoms with Crippen LogP contribution >= 0.6 is 0 Å². The molecule has 6 heteroatoms. The third-order valence-electron chi connectivity index (χ3n) is 15.3. The van der Waals surface area contributed by atoms with E-state index in [9.17, 15) is 9.90 Å². The Morgan fingerprint density at radius 1 is 0.875 bits per heavy atom. The van der Waals surface area contributed by atoms with Crippen molar-refractivity contribution in [2.24, 2.45) is 51.6 Å².